The van der Waals surface area contributed by atoms with Crippen LogP contribution < -0.4 is 5.32 Å². The minimum absolute atomic E-state index is 0.0235. The first-order valence-corrected chi connectivity index (χ1v) is 12.6. The molecule has 7 nitrogen and oxygen atoms in total. The number of alkyl carbamates (subject to hydrolysis) is 1. The number of fused-ring (bicyclic) bond motifs is 4. The normalized spacial score (nSPS) is 23.7. The summed E-state index contributed by atoms with van der Waals surface area (Å²) in [7, 11) is 0. The van der Waals surface area contributed by atoms with E-state index in [0.717, 1.165) is 41.5 Å². The van der Waals surface area contributed by atoms with Crippen molar-refractivity contribution in [3.63, 3.8) is 0 Å². The van der Waals surface area contributed by atoms with Crippen LogP contribution in [0, 0.1) is 11.3 Å². The quantitative estimate of drug-likeness (QED) is 0.644. The summed E-state index contributed by atoms with van der Waals surface area (Å²) in [6, 6.07) is 15.5. The van der Waals surface area contributed by atoms with E-state index in [1.165, 1.54) is 0 Å². The highest BCUT2D eigenvalue weighted by molar-refractivity contribution is 5.87. The van der Waals surface area contributed by atoms with E-state index in [1.807, 2.05) is 31.2 Å². The number of carboxylic acid groups (broad SMARTS) is 1. The van der Waals surface area contributed by atoms with E-state index in [2.05, 4.69) is 29.6 Å². The maximum atomic E-state index is 13.3. The third-order valence-electron chi connectivity index (χ3n) is 8.20. The number of nitrogens with one attached hydrogen (secondary N) is 1. The summed E-state index contributed by atoms with van der Waals surface area (Å²) >= 11 is 0. The van der Waals surface area contributed by atoms with Gasteiger partial charge in [0.1, 0.15) is 12.6 Å². The minimum atomic E-state index is -0.851. The van der Waals surface area contributed by atoms with Gasteiger partial charge in [-0.3, -0.25) is 9.59 Å². The Morgan fingerprint density at radius 2 is 1.74 bits per heavy atom. The zero-order valence-electron chi connectivity index (χ0n) is 20.0. The average molecular weight is 477 g/mol. The molecule has 2 aromatic carbocycles. The molecule has 1 saturated carbocycles. The second-order valence-corrected chi connectivity index (χ2v) is 10.1. The van der Waals surface area contributed by atoms with Gasteiger partial charge in [0.15, 0.2) is 0 Å². The van der Waals surface area contributed by atoms with Crippen molar-refractivity contribution in [1.82, 2.24) is 10.2 Å². The van der Waals surface area contributed by atoms with E-state index in [-0.39, 0.29) is 30.9 Å². The van der Waals surface area contributed by atoms with Crippen LogP contribution in [-0.2, 0) is 14.3 Å². The van der Waals surface area contributed by atoms with Crippen LogP contribution in [-0.4, -0.2) is 53.7 Å². The van der Waals surface area contributed by atoms with Crippen molar-refractivity contribution in [2.75, 3.05) is 19.7 Å². The summed E-state index contributed by atoms with van der Waals surface area (Å²) in [5.74, 6) is -1.11. The molecule has 0 aromatic heterocycles. The maximum Gasteiger partial charge on any atom is 0.407 e. The van der Waals surface area contributed by atoms with E-state index in [0.29, 0.717) is 19.4 Å². The molecule has 2 unspecified atom stereocenters. The summed E-state index contributed by atoms with van der Waals surface area (Å²) in [5, 5.41) is 12.7. The van der Waals surface area contributed by atoms with Gasteiger partial charge < -0.3 is 20.1 Å². The van der Waals surface area contributed by atoms with Crippen LogP contribution in [0.25, 0.3) is 11.1 Å². The molecule has 2 aromatic rings. The molecule has 2 aliphatic carbocycles. The van der Waals surface area contributed by atoms with Gasteiger partial charge in [-0.2, -0.15) is 0 Å². The molecule has 1 saturated heterocycles. The van der Waals surface area contributed by atoms with Gasteiger partial charge in [-0.15, -0.1) is 0 Å². The predicted octanol–water partition coefficient (Wildman–Crippen LogP) is 4.41. The van der Waals surface area contributed by atoms with E-state index in [9.17, 15) is 19.5 Å². The molecule has 2 N–H and O–H groups in total. The van der Waals surface area contributed by atoms with E-state index in [4.69, 9.17) is 4.74 Å². The van der Waals surface area contributed by atoms with Crippen LogP contribution >= 0.6 is 0 Å². The van der Waals surface area contributed by atoms with E-state index < -0.39 is 23.5 Å². The molecule has 1 heterocycles. The SMILES string of the molecule is CC[C@H](NC(=O)OCC1c2ccccc2-c2ccccc21)C(=O)N1CC2CCCCC2(C(=O)O)C1. The van der Waals surface area contributed by atoms with Crippen molar-refractivity contribution in [2.45, 2.75) is 51.0 Å². The maximum absolute atomic E-state index is 13.3. The fourth-order valence-electron chi connectivity index (χ4n) is 6.32. The van der Waals surface area contributed by atoms with Crippen molar-refractivity contribution in [1.29, 1.82) is 0 Å². The first kappa shape index (κ1) is 23.4. The lowest BCUT2D eigenvalue weighted by molar-refractivity contribution is -0.152. The van der Waals surface area contributed by atoms with Crippen LogP contribution in [0.15, 0.2) is 48.5 Å². The van der Waals surface area contributed by atoms with E-state index >= 15 is 0 Å². The topological polar surface area (TPSA) is 95.9 Å². The van der Waals surface area contributed by atoms with Crippen LogP contribution in [0.3, 0.4) is 0 Å². The van der Waals surface area contributed by atoms with Gasteiger partial charge >= 0.3 is 12.1 Å². The Morgan fingerprint density at radius 3 is 2.34 bits per heavy atom. The lowest BCUT2D eigenvalue weighted by atomic mass is 9.68. The van der Waals surface area contributed by atoms with Crippen molar-refractivity contribution in [2.24, 2.45) is 11.3 Å². The van der Waals surface area contributed by atoms with Crippen molar-refractivity contribution >= 4 is 18.0 Å². The average Bonchev–Trinajstić information content (AvgIpc) is 3.43. The first-order chi connectivity index (χ1) is 16.9. The Labute approximate surface area is 205 Å². The number of ether oxygens (including phenoxy) is 1. The zero-order valence-corrected chi connectivity index (χ0v) is 20.0. The predicted molar refractivity (Wildman–Crippen MR) is 131 cm³/mol. The number of hydrogen-bond donors (Lipinski definition) is 2. The summed E-state index contributed by atoms with van der Waals surface area (Å²) in [4.78, 5) is 39.7. The second kappa shape index (κ2) is 9.36. The smallest absolute Gasteiger partial charge is 0.407 e. The van der Waals surface area contributed by atoms with Gasteiger partial charge in [0, 0.05) is 19.0 Å². The van der Waals surface area contributed by atoms with Crippen molar-refractivity contribution in [3.05, 3.63) is 59.7 Å². The standard InChI is InChI=1S/C28H32N2O5/c1-2-24(25(31)30-15-18-9-7-8-14-28(18,17-30)26(32)33)29-27(34)35-16-23-21-12-5-3-10-19(21)20-11-4-6-13-22(20)23/h3-6,10-13,18,23-24H,2,7-9,14-17H2,1H3,(H,29,34)(H,32,33)/t18?,24-,28?/m0/s1. The highest BCUT2D eigenvalue weighted by Crippen LogP contribution is 2.47. The van der Waals surface area contributed by atoms with Gasteiger partial charge in [-0.05, 0) is 47.4 Å². The van der Waals surface area contributed by atoms with Crippen LogP contribution in [0.1, 0.15) is 56.1 Å². The molecule has 184 valence electrons. The van der Waals surface area contributed by atoms with Crippen LogP contribution in [0.2, 0.25) is 0 Å². The number of carboxylic acids is 1. The lowest BCUT2D eigenvalue weighted by Crippen LogP contribution is -2.49. The summed E-state index contributed by atoms with van der Waals surface area (Å²) in [6.07, 6.45) is 3.08. The number of carbonyl (C=O) groups excluding carboxylic acids is 2. The molecule has 5 rings (SSSR count). The molecule has 0 radical (unpaired) electrons. The highest BCUT2D eigenvalue weighted by atomic mass is 16.5. The Hall–Kier alpha value is -3.35. The Morgan fingerprint density at radius 1 is 1.09 bits per heavy atom. The second-order valence-electron chi connectivity index (χ2n) is 10.1. The Balaban J connectivity index is 1.23. The molecule has 2 fully saturated rings. The van der Waals surface area contributed by atoms with Gasteiger partial charge in [-0.25, -0.2) is 4.79 Å². The molecular formula is C28H32N2O5. The molecular weight excluding hydrogens is 444 g/mol. The monoisotopic (exact) mass is 476 g/mol. The molecule has 3 aliphatic rings. The number of hydrogen-bond acceptors (Lipinski definition) is 4. The van der Waals surface area contributed by atoms with Gasteiger partial charge in [-0.1, -0.05) is 68.3 Å². The van der Waals surface area contributed by atoms with Crippen molar-refractivity contribution < 1.29 is 24.2 Å². The molecule has 7 heteroatoms. The number of likely N-dealkylation sites (tertiary alicyclic amines) is 1. The number of benzene rings is 2. The number of carbonyl (C=O) groups is 3. The largest absolute Gasteiger partial charge is 0.481 e. The molecule has 3 atom stereocenters. The molecule has 0 bridgehead atoms. The molecule has 1 aliphatic heterocycles. The van der Waals surface area contributed by atoms with Gasteiger partial charge in [0.2, 0.25) is 5.91 Å². The first-order valence-electron chi connectivity index (χ1n) is 12.6. The minimum Gasteiger partial charge on any atom is -0.481 e. The Kier molecular flexibility index (Phi) is 6.26. The molecule has 35 heavy (non-hydrogen) atoms. The van der Waals surface area contributed by atoms with Crippen LogP contribution in [0.4, 0.5) is 4.79 Å². The molecule has 0 spiro atoms. The van der Waals surface area contributed by atoms with Gasteiger partial charge in [0.05, 0.1) is 5.41 Å². The van der Waals surface area contributed by atoms with Gasteiger partial charge in [0.25, 0.3) is 0 Å². The molecule has 2 amide bonds. The van der Waals surface area contributed by atoms with E-state index in [1.54, 1.807) is 4.90 Å². The van der Waals surface area contributed by atoms with Crippen LogP contribution in [0.5, 0.6) is 0 Å². The summed E-state index contributed by atoms with van der Waals surface area (Å²) in [6.45, 7) is 2.67. The highest BCUT2D eigenvalue weighted by Gasteiger charge is 2.54. The summed E-state index contributed by atoms with van der Waals surface area (Å²) in [5.41, 5.74) is 3.71. The van der Waals surface area contributed by atoms with Crippen molar-refractivity contribution in [3.8, 4) is 11.1 Å². The number of aliphatic carboxylic acids is 1. The third kappa shape index (κ3) is 4.07. The lowest BCUT2D eigenvalue weighted by Gasteiger charge is -2.34. The number of rotatable bonds is 6. The fraction of sp³-hybridized carbons (Fsp3) is 0.464. The zero-order chi connectivity index (χ0) is 24.6. The number of amides is 2. The third-order valence-corrected chi connectivity index (χ3v) is 8.20. The Bertz CT molecular complexity index is 1100. The number of nitrogens with zero attached hydrogens (tertiary/aromatic N) is 1. The summed E-state index contributed by atoms with van der Waals surface area (Å²) < 4.78 is 5.62. The fourth-order valence-corrected chi connectivity index (χ4v) is 6.32.